The molecule has 20 heavy (non-hydrogen) atoms. The molecule has 1 heterocycles. The molecule has 1 saturated heterocycles. The minimum atomic E-state index is 0.224. The Morgan fingerprint density at radius 3 is 2.20 bits per heavy atom. The molecule has 0 spiro atoms. The summed E-state index contributed by atoms with van der Waals surface area (Å²) in [6.07, 6.45) is 8.11. The minimum Gasteiger partial charge on any atom is -0.311 e. The smallest absolute Gasteiger partial charge is 0.00967 e. The Morgan fingerprint density at radius 1 is 1.05 bits per heavy atom. The van der Waals surface area contributed by atoms with E-state index in [0.29, 0.717) is 5.41 Å². The Morgan fingerprint density at radius 2 is 1.70 bits per heavy atom. The van der Waals surface area contributed by atoms with Gasteiger partial charge in [0.15, 0.2) is 0 Å². The molecule has 1 rings (SSSR count). The second-order valence-corrected chi connectivity index (χ2v) is 7.84. The van der Waals surface area contributed by atoms with Crippen LogP contribution in [0.1, 0.15) is 80.1 Å². The number of hydrogen-bond acceptors (Lipinski definition) is 2. The molecule has 1 unspecified atom stereocenters. The zero-order valence-corrected chi connectivity index (χ0v) is 14.9. The number of likely N-dealkylation sites (tertiary alicyclic amines) is 1. The van der Waals surface area contributed by atoms with Gasteiger partial charge in [-0.2, -0.15) is 0 Å². The van der Waals surface area contributed by atoms with Crippen LogP contribution in [0.2, 0.25) is 0 Å². The van der Waals surface area contributed by atoms with E-state index in [4.69, 9.17) is 0 Å². The highest BCUT2D eigenvalue weighted by atomic mass is 15.2. The van der Waals surface area contributed by atoms with E-state index >= 15 is 0 Å². The van der Waals surface area contributed by atoms with Gasteiger partial charge in [-0.25, -0.2) is 0 Å². The van der Waals surface area contributed by atoms with Crippen LogP contribution in [0.5, 0.6) is 0 Å². The predicted octanol–water partition coefficient (Wildman–Crippen LogP) is 4.45. The standard InChI is InChI=1S/C18H38N2/c1-7-16-12-10-11-13-20(16)15-18(8-2,9-3)14-19-17(4,5)6/h16,19H,7-15H2,1-6H3. The normalized spacial score (nSPS) is 22.2. The van der Waals surface area contributed by atoms with E-state index in [1.165, 1.54) is 51.6 Å². The highest BCUT2D eigenvalue weighted by molar-refractivity contribution is 4.88. The van der Waals surface area contributed by atoms with Crippen molar-refractivity contribution in [2.75, 3.05) is 19.6 Å². The van der Waals surface area contributed by atoms with Crippen molar-refractivity contribution in [1.29, 1.82) is 0 Å². The average Bonchev–Trinajstić information content (AvgIpc) is 2.43. The van der Waals surface area contributed by atoms with Crippen molar-refractivity contribution >= 4 is 0 Å². The van der Waals surface area contributed by atoms with Crippen LogP contribution < -0.4 is 5.32 Å². The Kier molecular flexibility index (Phi) is 7.00. The van der Waals surface area contributed by atoms with E-state index in [0.717, 1.165) is 12.6 Å². The van der Waals surface area contributed by atoms with Crippen LogP contribution in [-0.2, 0) is 0 Å². The summed E-state index contributed by atoms with van der Waals surface area (Å²) in [5.41, 5.74) is 0.666. The number of nitrogens with zero attached hydrogens (tertiary/aromatic N) is 1. The fraction of sp³-hybridized carbons (Fsp3) is 1.00. The summed E-state index contributed by atoms with van der Waals surface area (Å²) in [5.74, 6) is 0. The van der Waals surface area contributed by atoms with Crippen LogP contribution in [0.3, 0.4) is 0 Å². The minimum absolute atomic E-state index is 0.224. The van der Waals surface area contributed by atoms with Crippen molar-refractivity contribution < 1.29 is 0 Å². The van der Waals surface area contributed by atoms with E-state index in [2.05, 4.69) is 51.8 Å². The molecule has 0 radical (unpaired) electrons. The molecule has 0 amide bonds. The summed E-state index contributed by atoms with van der Waals surface area (Å²) in [4.78, 5) is 2.79. The molecular weight excluding hydrogens is 244 g/mol. The number of piperidine rings is 1. The molecule has 0 aliphatic carbocycles. The summed E-state index contributed by atoms with van der Waals surface area (Å²) in [5, 5.41) is 3.76. The molecule has 0 aromatic rings. The van der Waals surface area contributed by atoms with Crippen LogP contribution in [0, 0.1) is 5.41 Å². The van der Waals surface area contributed by atoms with Gasteiger partial charge in [0, 0.05) is 24.7 Å². The van der Waals surface area contributed by atoms with Crippen molar-refractivity contribution in [1.82, 2.24) is 10.2 Å². The predicted molar refractivity (Wildman–Crippen MR) is 90.3 cm³/mol. The van der Waals surface area contributed by atoms with E-state index < -0.39 is 0 Å². The van der Waals surface area contributed by atoms with Crippen LogP contribution in [0.4, 0.5) is 0 Å². The van der Waals surface area contributed by atoms with Gasteiger partial charge >= 0.3 is 0 Å². The van der Waals surface area contributed by atoms with E-state index in [1.807, 2.05) is 0 Å². The first-order chi connectivity index (χ1) is 9.36. The molecule has 1 N–H and O–H groups in total. The lowest BCUT2D eigenvalue weighted by Gasteiger charge is -2.44. The summed E-state index contributed by atoms with van der Waals surface area (Å²) in [6.45, 7) is 17.7. The highest BCUT2D eigenvalue weighted by Crippen LogP contribution is 2.31. The van der Waals surface area contributed by atoms with Gasteiger partial charge in [0.2, 0.25) is 0 Å². The third-order valence-electron chi connectivity index (χ3n) is 5.25. The molecule has 1 aliphatic rings. The zero-order valence-electron chi connectivity index (χ0n) is 14.9. The molecule has 120 valence electrons. The number of nitrogens with one attached hydrogen (secondary N) is 1. The lowest BCUT2D eigenvalue weighted by molar-refractivity contribution is 0.0673. The van der Waals surface area contributed by atoms with Crippen LogP contribution >= 0.6 is 0 Å². The van der Waals surface area contributed by atoms with Gasteiger partial charge in [-0.1, -0.05) is 27.2 Å². The molecule has 1 atom stereocenters. The maximum absolute atomic E-state index is 3.76. The Balaban J connectivity index is 2.68. The quantitative estimate of drug-likeness (QED) is 0.742. The molecule has 1 aliphatic heterocycles. The van der Waals surface area contributed by atoms with Gasteiger partial charge in [-0.3, -0.25) is 4.90 Å². The third-order valence-corrected chi connectivity index (χ3v) is 5.25. The number of rotatable bonds is 7. The van der Waals surface area contributed by atoms with Gasteiger partial charge in [0.1, 0.15) is 0 Å². The Labute approximate surface area is 127 Å². The fourth-order valence-corrected chi connectivity index (χ4v) is 3.39. The molecule has 0 saturated carbocycles. The van der Waals surface area contributed by atoms with Gasteiger partial charge < -0.3 is 5.32 Å². The van der Waals surface area contributed by atoms with Gasteiger partial charge in [0.05, 0.1) is 0 Å². The number of hydrogen-bond donors (Lipinski definition) is 1. The molecular formula is C18H38N2. The first kappa shape index (κ1) is 18.0. The zero-order chi connectivity index (χ0) is 15.2. The molecule has 2 nitrogen and oxygen atoms in total. The summed E-state index contributed by atoms with van der Waals surface area (Å²) < 4.78 is 0. The monoisotopic (exact) mass is 282 g/mol. The highest BCUT2D eigenvalue weighted by Gasteiger charge is 2.33. The van der Waals surface area contributed by atoms with Crippen molar-refractivity contribution in [2.24, 2.45) is 5.41 Å². The van der Waals surface area contributed by atoms with E-state index in [-0.39, 0.29) is 5.54 Å². The van der Waals surface area contributed by atoms with Crippen LogP contribution in [-0.4, -0.2) is 36.1 Å². The summed E-state index contributed by atoms with van der Waals surface area (Å²) in [7, 11) is 0. The Bertz CT molecular complexity index is 263. The molecule has 0 aromatic heterocycles. The third kappa shape index (κ3) is 5.37. The van der Waals surface area contributed by atoms with Crippen molar-refractivity contribution in [3.8, 4) is 0 Å². The second kappa shape index (κ2) is 7.79. The summed E-state index contributed by atoms with van der Waals surface area (Å²) >= 11 is 0. The SMILES string of the molecule is CCC1CCCCN1CC(CC)(CC)CNC(C)(C)C. The first-order valence-corrected chi connectivity index (χ1v) is 8.85. The Hall–Kier alpha value is -0.0800. The maximum Gasteiger partial charge on any atom is 0.00967 e. The summed E-state index contributed by atoms with van der Waals surface area (Å²) in [6, 6.07) is 0.830. The second-order valence-electron chi connectivity index (χ2n) is 7.84. The molecule has 1 fully saturated rings. The van der Waals surface area contributed by atoms with E-state index in [9.17, 15) is 0 Å². The largest absolute Gasteiger partial charge is 0.311 e. The van der Waals surface area contributed by atoms with E-state index in [1.54, 1.807) is 0 Å². The maximum atomic E-state index is 3.76. The van der Waals surface area contributed by atoms with Crippen LogP contribution in [0.25, 0.3) is 0 Å². The van der Waals surface area contributed by atoms with Gasteiger partial charge in [0.25, 0.3) is 0 Å². The van der Waals surface area contributed by atoms with Crippen molar-refractivity contribution in [3.05, 3.63) is 0 Å². The first-order valence-electron chi connectivity index (χ1n) is 8.85. The molecule has 0 aromatic carbocycles. The average molecular weight is 283 g/mol. The lowest BCUT2D eigenvalue weighted by atomic mass is 9.80. The molecule has 2 heteroatoms. The topological polar surface area (TPSA) is 15.3 Å². The van der Waals surface area contributed by atoms with Gasteiger partial charge in [-0.15, -0.1) is 0 Å². The van der Waals surface area contributed by atoms with Crippen molar-refractivity contribution in [3.63, 3.8) is 0 Å². The van der Waals surface area contributed by atoms with Crippen molar-refractivity contribution in [2.45, 2.75) is 91.6 Å². The lowest BCUT2D eigenvalue weighted by Crippen LogP contribution is -2.51. The van der Waals surface area contributed by atoms with Gasteiger partial charge in [-0.05, 0) is 64.8 Å². The fourth-order valence-electron chi connectivity index (χ4n) is 3.39. The molecule has 0 bridgehead atoms. The van der Waals surface area contributed by atoms with Crippen LogP contribution in [0.15, 0.2) is 0 Å².